The Morgan fingerprint density at radius 3 is 2.10 bits per heavy atom. The SMILES string of the molecule is Cc1ccc(C(C)(CCc2ccccc2)Cc2cccc(OC(F)(F)F)c2)cc1. The fraction of sp³-hybridized carbons (Fsp3) is 0.280. The van der Waals surface area contributed by atoms with Gasteiger partial charge in [-0.3, -0.25) is 0 Å². The molecule has 0 aliphatic rings. The standard InChI is InChI=1S/C25H25F3O/c1-19-11-13-22(14-12-19)24(2,16-15-20-7-4-3-5-8-20)18-21-9-6-10-23(17-21)29-25(26,27)28/h3-14,17H,15-16,18H2,1-2H3. The first-order chi connectivity index (χ1) is 13.7. The van der Waals surface area contributed by atoms with Crippen LogP contribution in [0.2, 0.25) is 0 Å². The van der Waals surface area contributed by atoms with E-state index in [0.29, 0.717) is 6.42 Å². The topological polar surface area (TPSA) is 9.23 Å². The normalized spacial score (nSPS) is 13.7. The highest BCUT2D eigenvalue weighted by Gasteiger charge is 2.32. The highest BCUT2D eigenvalue weighted by molar-refractivity contribution is 5.35. The van der Waals surface area contributed by atoms with E-state index in [1.165, 1.54) is 28.8 Å². The Balaban J connectivity index is 1.87. The summed E-state index contributed by atoms with van der Waals surface area (Å²) in [7, 11) is 0. The van der Waals surface area contributed by atoms with Gasteiger partial charge in [-0.2, -0.15) is 0 Å². The van der Waals surface area contributed by atoms with Gasteiger partial charge in [0, 0.05) is 0 Å². The number of aryl methyl sites for hydroxylation is 2. The highest BCUT2D eigenvalue weighted by atomic mass is 19.4. The van der Waals surface area contributed by atoms with E-state index >= 15 is 0 Å². The van der Waals surface area contributed by atoms with Crippen molar-refractivity contribution in [1.29, 1.82) is 0 Å². The summed E-state index contributed by atoms with van der Waals surface area (Å²) in [5, 5.41) is 0. The summed E-state index contributed by atoms with van der Waals surface area (Å²) in [6, 6.07) is 25.0. The van der Waals surface area contributed by atoms with Crippen LogP contribution in [-0.4, -0.2) is 6.36 Å². The van der Waals surface area contributed by atoms with Gasteiger partial charge in [-0.15, -0.1) is 13.2 Å². The second-order valence-corrected chi connectivity index (χ2v) is 7.78. The fourth-order valence-electron chi connectivity index (χ4n) is 3.66. The van der Waals surface area contributed by atoms with Crippen LogP contribution in [0.15, 0.2) is 78.9 Å². The number of hydrogen-bond acceptors (Lipinski definition) is 1. The average Bonchev–Trinajstić information content (AvgIpc) is 2.67. The van der Waals surface area contributed by atoms with Crippen LogP contribution in [0.25, 0.3) is 0 Å². The van der Waals surface area contributed by atoms with Crippen LogP contribution in [0.4, 0.5) is 13.2 Å². The molecule has 0 bridgehead atoms. The molecule has 3 rings (SSSR count). The quantitative estimate of drug-likeness (QED) is 0.415. The maximum atomic E-state index is 12.6. The van der Waals surface area contributed by atoms with Gasteiger partial charge < -0.3 is 4.74 Å². The molecule has 0 aromatic heterocycles. The molecule has 0 fully saturated rings. The van der Waals surface area contributed by atoms with Gasteiger partial charge in [-0.25, -0.2) is 0 Å². The van der Waals surface area contributed by atoms with Crippen molar-refractivity contribution in [2.45, 2.75) is 44.9 Å². The summed E-state index contributed by atoms with van der Waals surface area (Å²) in [5.74, 6) is -0.177. The first-order valence-electron chi connectivity index (χ1n) is 9.69. The van der Waals surface area contributed by atoms with Gasteiger partial charge >= 0.3 is 6.36 Å². The summed E-state index contributed by atoms with van der Waals surface area (Å²) in [6.45, 7) is 4.22. The largest absolute Gasteiger partial charge is 0.573 e. The van der Waals surface area contributed by atoms with Gasteiger partial charge in [-0.05, 0) is 60.4 Å². The predicted octanol–water partition coefficient (Wildman–Crippen LogP) is 7.03. The van der Waals surface area contributed by atoms with Crippen molar-refractivity contribution in [2.75, 3.05) is 0 Å². The third-order valence-corrected chi connectivity index (χ3v) is 5.28. The number of halogens is 3. The Bertz CT molecular complexity index is 917. The second-order valence-electron chi connectivity index (χ2n) is 7.78. The number of hydrogen-bond donors (Lipinski definition) is 0. The van der Waals surface area contributed by atoms with E-state index in [0.717, 1.165) is 18.4 Å². The molecule has 0 heterocycles. The lowest BCUT2D eigenvalue weighted by atomic mass is 9.73. The molecule has 0 spiro atoms. The van der Waals surface area contributed by atoms with Crippen molar-refractivity contribution < 1.29 is 17.9 Å². The highest BCUT2D eigenvalue weighted by Crippen LogP contribution is 2.34. The minimum atomic E-state index is -4.69. The van der Waals surface area contributed by atoms with Crippen molar-refractivity contribution in [3.63, 3.8) is 0 Å². The lowest BCUT2D eigenvalue weighted by Crippen LogP contribution is -2.26. The molecule has 1 unspecified atom stereocenters. The van der Waals surface area contributed by atoms with Crippen LogP contribution in [0, 0.1) is 6.92 Å². The number of rotatable bonds is 7. The fourth-order valence-corrected chi connectivity index (χ4v) is 3.66. The van der Waals surface area contributed by atoms with Crippen molar-refractivity contribution in [1.82, 2.24) is 0 Å². The number of ether oxygens (including phenoxy) is 1. The first-order valence-corrected chi connectivity index (χ1v) is 9.69. The van der Waals surface area contributed by atoms with E-state index in [1.807, 2.05) is 31.2 Å². The summed E-state index contributed by atoms with van der Waals surface area (Å²) in [5.41, 5.74) is 4.21. The summed E-state index contributed by atoms with van der Waals surface area (Å²) >= 11 is 0. The molecule has 0 saturated carbocycles. The molecule has 0 radical (unpaired) electrons. The van der Waals surface area contributed by atoms with Gasteiger partial charge in [0.2, 0.25) is 0 Å². The minimum Gasteiger partial charge on any atom is -0.406 e. The smallest absolute Gasteiger partial charge is 0.406 e. The average molecular weight is 398 g/mol. The Morgan fingerprint density at radius 1 is 0.793 bits per heavy atom. The van der Waals surface area contributed by atoms with E-state index in [1.54, 1.807) is 6.07 Å². The lowest BCUT2D eigenvalue weighted by molar-refractivity contribution is -0.274. The third-order valence-electron chi connectivity index (χ3n) is 5.28. The van der Waals surface area contributed by atoms with Crippen LogP contribution in [-0.2, 0) is 18.3 Å². The zero-order valence-electron chi connectivity index (χ0n) is 16.7. The van der Waals surface area contributed by atoms with Crippen molar-refractivity contribution >= 4 is 0 Å². The Labute approximate surface area is 170 Å². The number of alkyl halides is 3. The summed E-state index contributed by atoms with van der Waals surface area (Å²) in [6.07, 6.45) is -2.29. The summed E-state index contributed by atoms with van der Waals surface area (Å²) < 4.78 is 41.9. The zero-order valence-corrected chi connectivity index (χ0v) is 16.7. The molecule has 0 amide bonds. The molecule has 3 aromatic rings. The van der Waals surface area contributed by atoms with E-state index in [2.05, 4.69) is 48.1 Å². The maximum Gasteiger partial charge on any atom is 0.573 e. The Hall–Kier alpha value is -2.75. The van der Waals surface area contributed by atoms with Gasteiger partial charge in [0.15, 0.2) is 0 Å². The molecule has 1 nitrogen and oxygen atoms in total. The van der Waals surface area contributed by atoms with Crippen LogP contribution in [0.3, 0.4) is 0 Å². The molecule has 0 aliphatic carbocycles. The molecular formula is C25H25F3O. The van der Waals surface area contributed by atoms with Crippen molar-refractivity contribution in [2.24, 2.45) is 0 Å². The van der Waals surface area contributed by atoms with Gasteiger partial charge in [-0.1, -0.05) is 79.2 Å². The summed E-state index contributed by atoms with van der Waals surface area (Å²) in [4.78, 5) is 0. The zero-order chi connectivity index (χ0) is 20.9. The number of benzene rings is 3. The van der Waals surface area contributed by atoms with Gasteiger partial charge in [0.1, 0.15) is 5.75 Å². The van der Waals surface area contributed by atoms with Gasteiger partial charge in [0.25, 0.3) is 0 Å². The first kappa shape index (κ1) is 21.0. The third kappa shape index (κ3) is 6.11. The molecule has 4 heteroatoms. The Kier molecular flexibility index (Phi) is 6.31. The molecule has 152 valence electrons. The van der Waals surface area contributed by atoms with Crippen LogP contribution in [0.1, 0.15) is 35.6 Å². The molecule has 0 N–H and O–H groups in total. The van der Waals surface area contributed by atoms with Crippen molar-refractivity contribution in [3.8, 4) is 5.75 Å². The molecule has 3 aromatic carbocycles. The van der Waals surface area contributed by atoms with E-state index in [-0.39, 0.29) is 11.2 Å². The lowest BCUT2D eigenvalue weighted by Gasteiger charge is -2.31. The maximum absolute atomic E-state index is 12.6. The second kappa shape index (κ2) is 8.73. The molecule has 0 aliphatic heterocycles. The van der Waals surface area contributed by atoms with Crippen molar-refractivity contribution in [3.05, 3.63) is 101 Å². The Morgan fingerprint density at radius 2 is 1.45 bits per heavy atom. The van der Waals surface area contributed by atoms with Gasteiger partial charge in [0.05, 0.1) is 0 Å². The van der Waals surface area contributed by atoms with Crippen LogP contribution >= 0.6 is 0 Å². The predicted molar refractivity (Wildman–Crippen MR) is 110 cm³/mol. The van der Waals surface area contributed by atoms with E-state index in [9.17, 15) is 13.2 Å². The van der Waals surface area contributed by atoms with Crippen LogP contribution in [0.5, 0.6) is 5.75 Å². The minimum absolute atomic E-state index is 0.177. The molecule has 0 saturated heterocycles. The molecule has 29 heavy (non-hydrogen) atoms. The molecular weight excluding hydrogens is 373 g/mol. The van der Waals surface area contributed by atoms with E-state index in [4.69, 9.17) is 0 Å². The van der Waals surface area contributed by atoms with E-state index < -0.39 is 6.36 Å². The molecule has 1 atom stereocenters. The monoisotopic (exact) mass is 398 g/mol. The van der Waals surface area contributed by atoms with Crippen LogP contribution < -0.4 is 4.74 Å².